The molecule has 2 aliphatic carbocycles. The summed E-state index contributed by atoms with van der Waals surface area (Å²) in [5.74, 6) is 0.304. The monoisotopic (exact) mass is 612 g/mol. The summed E-state index contributed by atoms with van der Waals surface area (Å²) in [4.78, 5) is 0. The Bertz CT molecular complexity index is 640. The average Bonchev–Trinajstić information content (AvgIpc) is 2.68. The van der Waals surface area contributed by atoms with Crippen molar-refractivity contribution >= 4 is 0 Å². The van der Waals surface area contributed by atoms with E-state index in [1.807, 2.05) is 13.8 Å². The second-order valence-corrected chi connectivity index (χ2v) is 14.6. The molecule has 0 aromatic carbocycles. The first-order valence-electron chi connectivity index (χ1n) is 15.1. The van der Waals surface area contributed by atoms with Crippen LogP contribution in [0, 0.1) is 53.3 Å². The smallest absolute Gasteiger partial charge is 0.244 e. The van der Waals surface area contributed by atoms with Crippen molar-refractivity contribution in [2.24, 2.45) is 53.3 Å². The van der Waals surface area contributed by atoms with Gasteiger partial charge in [-0.25, -0.2) is 8.78 Å². The Kier molecular flexibility index (Phi) is 20.0. The lowest BCUT2D eigenvalue weighted by Crippen LogP contribution is -2.39. The standard InChI is InChI=1S/C9H17F.C8H15F3.C8H15F.C7H13F3.CH4/c1-7(2)4-8-5-9(3,10)6-8;1-5(2)6(3)7(4)8(9,10)11;1-6(2)7-4-8(3,9)5-7;1-5(2)4-6(3)7(8,9)10;/h7-8H,4-6H2,1-3H3;5-7H,1-4H3;6-7H,4-5H2,1-3H3;5-6H,4H2,1-3H3;1H4. The van der Waals surface area contributed by atoms with Gasteiger partial charge in [0.15, 0.2) is 0 Å². The van der Waals surface area contributed by atoms with Crippen LogP contribution in [0.15, 0.2) is 0 Å². The fraction of sp³-hybridized carbons (Fsp3) is 1.00. The summed E-state index contributed by atoms with van der Waals surface area (Å²) in [6, 6.07) is 0. The van der Waals surface area contributed by atoms with Crippen LogP contribution in [0.2, 0.25) is 0 Å². The topological polar surface area (TPSA) is 0 Å². The Balaban J connectivity index is -0.000000466. The van der Waals surface area contributed by atoms with E-state index < -0.39 is 35.5 Å². The molecule has 0 aromatic rings. The molecule has 2 fully saturated rings. The molecule has 41 heavy (non-hydrogen) atoms. The molecule has 252 valence electrons. The van der Waals surface area contributed by atoms with E-state index in [2.05, 4.69) is 27.7 Å². The van der Waals surface area contributed by atoms with Crippen LogP contribution < -0.4 is 0 Å². The fourth-order valence-electron chi connectivity index (χ4n) is 5.20. The van der Waals surface area contributed by atoms with Crippen LogP contribution in [0.5, 0.6) is 0 Å². The molecular weight excluding hydrogens is 548 g/mol. The molecule has 3 atom stereocenters. The third kappa shape index (κ3) is 20.9. The normalized spacial score (nSPS) is 28.0. The van der Waals surface area contributed by atoms with Crippen LogP contribution in [0.4, 0.5) is 35.1 Å². The van der Waals surface area contributed by atoms with Crippen LogP contribution in [0.3, 0.4) is 0 Å². The molecule has 2 rings (SSSR count). The Morgan fingerprint density at radius 2 is 1.02 bits per heavy atom. The molecule has 3 unspecified atom stereocenters. The van der Waals surface area contributed by atoms with Gasteiger partial charge in [-0.3, -0.25) is 0 Å². The highest BCUT2D eigenvalue weighted by atomic mass is 19.4. The number of halogens is 8. The van der Waals surface area contributed by atoms with Gasteiger partial charge in [0, 0.05) is 0 Å². The van der Waals surface area contributed by atoms with Gasteiger partial charge in [0.1, 0.15) is 11.3 Å². The quantitative estimate of drug-likeness (QED) is 0.251. The first-order chi connectivity index (χ1) is 17.6. The van der Waals surface area contributed by atoms with Crippen molar-refractivity contribution in [3.8, 4) is 0 Å². The zero-order valence-electron chi connectivity index (χ0n) is 27.5. The molecule has 0 aliphatic heterocycles. The number of hydrogen-bond donors (Lipinski definition) is 0. The van der Waals surface area contributed by atoms with Crippen LogP contribution in [0.25, 0.3) is 0 Å². The van der Waals surface area contributed by atoms with Crippen molar-refractivity contribution < 1.29 is 35.1 Å². The van der Waals surface area contributed by atoms with Gasteiger partial charge >= 0.3 is 12.4 Å². The first kappa shape index (κ1) is 44.9. The summed E-state index contributed by atoms with van der Waals surface area (Å²) in [6.07, 6.45) is -3.46. The fourth-order valence-corrected chi connectivity index (χ4v) is 5.20. The van der Waals surface area contributed by atoms with E-state index in [4.69, 9.17) is 0 Å². The van der Waals surface area contributed by atoms with Crippen LogP contribution in [-0.2, 0) is 0 Å². The summed E-state index contributed by atoms with van der Waals surface area (Å²) in [5.41, 5.74) is -1.64. The number of alkyl halides is 8. The third-order valence-electron chi connectivity index (χ3n) is 8.29. The van der Waals surface area contributed by atoms with Crippen molar-refractivity contribution in [1.82, 2.24) is 0 Å². The van der Waals surface area contributed by atoms with Gasteiger partial charge in [-0.05, 0) is 93.8 Å². The molecule has 0 saturated heterocycles. The Morgan fingerprint density at radius 1 is 0.634 bits per heavy atom. The second kappa shape index (κ2) is 18.3. The highest BCUT2D eigenvalue weighted by Crippen LogP contribution is 2.45. The minimum atomic E-state index is -4.04. The van der Waals surface area contributed by atoms with E-state index in [1.165, 1.54) is 20.3 Å². The van der Waals surface area contributed by atoms with E-state index in [0.29, 0.717) is 17.8 Å². The zero-order chi connectivity index (χ0) is 32.4. The predicted molar refractivity (Wildman–Crippen MR) is 159 cm³/mol. The molecule has 0 bridgehead atoms. The molecule has 0 amide bonds. The van der Waals surface area contributed by atoms with E-state index in [-0.39, 0.29) is 31.6 Å². The maximum absolute atomic E-state index is 12.9. The Labute approximate surface area is 248 Å². The van der Waals surface area contributed by atoms with E-state index in [1.54, 1.807) is 34.6 Å². The van der Waals surface area contributed by atoms with Crippen molar-refractivity contribution in [3.05, 3.63) is 0 Å². The highest BCUT2D eigenvalue weighted by Gasteiger charge is 2.42. The van der Waals surface area contributed by atoms with Crippen LogP contribution >= 0.6 is 0 Å². The predicted octanol–water partition coefficient (Wildman–Crippen LogP) is 13.3. The minimum Gasteiger partial charge on any atom is -0.244 e. The van der Waals surface area contributed by atoms with Crippen molar-refractivity contribution in [2.75, 3.05) is 0 Å². The van der Waals surface area contributed by atoms with Gasteiger partial charge in [0.25, 0.3) is 0 Å². The number of rotatable bonds is 7. The maximum Gasteiger partial charge on any atom is 0.391 e. The molecule has 0 radical (unpaired) electrons. The lowest BCUT2D eigenvalue weighted by Gasteiger charge is -2.41. The van der Waals surface area contributed by atoms with Gasteiger partial charge in [-0.15, -0.1) is 0 Å². The average molecular weight is 613 g/mol. The largest absolute Gasteiger partial charge is 0.391 e. The van der Waals surface area contributed by atoms with E-state index >= 15 is 0 Å². The lowest BCUT2D eigenvalue weighted by molar-refractivity contribution is -0.185. The van der Waals surface area contributed by atoms with Crippen LogP contribution in [0.1, 0.15) is 136 Å². The summed E-state index contributed by atoms with van der Waals surface area (Å²) in [6.45, 7) is 23.5. The Morgan fingerprint density at radius 3 is 1.17 bits per heavy atom. The molecule has 0 spiro atoms. The molecule has 2 saturated carbocycles. The van der Waals surface area contributed by atoms with Gasteiger partial charge in [-0.1, -0.05) is 83.6 Å². The van der Waals surface area contributed by atoms with E-state index in [9.17, 15) is 35.1 Å². The van der Waals surface area contributed by atoms with Gasteiger partial charge in [-0.2, -0.15) is 26.3 Å². The van der Waals surface area contributed by atoms with Gasteiger partial charge in [0.2, 0.25) is 0 Å². The van der Waals surface area contributed by atoms with Gasteiger partial charge in [0.05, 0.1) is 11.8 Å². The molecule has 2 aliphatic rings. The van der Waals surface area contributed by atoms with Crippen molar-refractivity contribution in [2.45, 2.75) is 160 Å². The lowest BCUT2D eigenvalue weighted by atomic mass is 9.68. The Hall–Kier alpha value is -0.560. The second-order valence-electron chi connectivity index (χ2n) is 14.6. The third-order valence-corrected chi connectivity index (χ3v) is 8.29. The van der Waals surface area contributed by atoms with Crippen molar-refractivity contribution in [1.29, 1.82) is 0 Å². The zero-order valence-corrected chi connectivity index (χ0v) is 27.5. The highest BCUT2D eigenvalue weighted by molar-refractivity contribution is 4.92. The summed E-state index contributed by atoms with van der Waals surface area (Å²) in [7, 11) is 0. The molecule has 0 N–H and O–H groups in total. The van der Waals surface area contributed by atoms with Crippen LogP contribution in [-0.4, -0.2) is 23.7 Å². The molecule has 0 aromatic heterocycles. The molecule has 0 heterocycles. The minimum absolute atomic E-state index is 0. The summed E-state index contributed by atoms with van der Waals surface area (Å²) in [5, 5.41) is 0. The van der Waals surface area contributed by atoms with Crippen molar-refractivity contribution in [3.63, 3.8) is 0 Å². The van der Waals surface area contributed by atoms with E-state index in [0.717, 1.165) is 31.6 Å². The number of hydrogen-bond acceptors (Lipinski definition) is 0. The summed E-state index contributed by atoms with van der Waals surface area (Å²) >= 11 is 0. The summed E-state index contributed by atoms with van der Waals surface area (Å²) < 4.78 is 97.3. The molecular formula is C33H64F8. The van der Waals surface area contributed by atoms with Gasteiger partial charge < -0.3 is 0 Å². The molecule has 0 nitrogen and oxygen atoms in total. The molecule has 8 heteroatoms. The SMILES string of the molecule is C.CC(C)C(C)C(C)C(F)(F)F.CC(C)C1CC(C)(F)C1.CC(C)CC(C)C(F)(F)F.CC(C)CC1CC(C)(F)C1. The first-order valence-corrected chi connectivity index (χ1v) is 15.1. The maximum atomic E-state index is 12.9.